The number of halogens is 5. The first-order valence-electron chi connectivity index (χ1n) is 7.50. The molecule has 10 heteroatoms. The maximum absolute atomic E-state index is 13.6. The number of hydrogen-bond donors (Lipinski definition) is 1. The van der Waals surface area contributed by atoms with Crippen LogP contribution in [-0.4, -0.2) is 30.2 Å². The minimum absolute atomic E-state index is 0.0731. The van der Waals surface area contributed by atoms with Crippen molar-refractivity contribution >= 4 is 27.8 Å². The van der Waals surface area contributed by atoms with E-state index in [2.05, 4.69) is 25.7 Å². The van der Waals surface area contributed by atoms with Gasteiger partial charge in [0.1, 0.15) is 11.6 Å². The van der Waals surface area contributed by atoms with Crippen molar-refractivity contribution in [1.82, 2.24) is 4.90 Å². The normalized spacial score (nSPS) is 20.0. The Labute approximate surface area is 159 Å². The lowest BCUT2D eigenvalue weighted by Crippen LogP contribution is -2.41. The molecule has 0 bridgehead atoms. The van der Waals surface area contributed by atoms with Crippen LogP contribution in [-0.2, 0) is 10.3 Å². The highest BCUT2D eigenvalue weighted by Crippen LogP contribution is 2.41. The Morgan fingerprint density at radius 3 is 2.22 bits per heavy atom. The number of amides is 1. The second-order valence-corrected chi connectivity index (χ2v) is 6.60. The van der Waals surface area contributed by atoms with Crippen LogP contribution in [0, 0.1) is 5.82 Å². The summed E-state index contributed by atoms with van der Waals surface area (Å²) in [6, 6.07) is 8.61. The van der Waals surface area contributed by atoms with E-state index in [4.69, 9.17) is 5.73 Å². The van der Waals surface area contributed by atoms with Crippen molar-refractivity contribution in [3.63, 3.8) is 0 Å². The molecule has 27 heavy (non-hydrogen) atoms. The smallest absolute Gasteiger partial charge is 0.406 e. The van der Waals surface area contributed by atoms with Crippen LogP contribution in [0.1, 0.15) is 11.1 Å². The molecule has 2 N–H and O–H groups in total. The quantitative estimate of drug-likeness (QED) is 0.734. The molecule has 0 aliphatic carbocycles. The predicted molar refractivity (Wildman–Crippen MR) is 92.4 cm³/mol. The van der Waals surface area contributed by atoms with Gasteiger partial charge < -0.3 is 10.5 Å². The third kappa shape index (κ3) is 3.36. The van der Waals surface area contributed by atoms with Crippen LogP contribution in [0.15, 0.2) is 51.9 Å². The summed E-state index contributed by atoms with van der Waals surface area (Å²) in [4.78, 5) is 18.3. The van der Waals surface area contributed by atoms with E-state index < -0.39 is 29.4 Å². The van der Waals surface area contributed by atoms with Crippen LogP contribution in [0.25, 0.3) is 0 Å². The van der Waals surface area contributed by atoms with E-state index in [0.29, 0.717) is 5.56 Å². The Hall–Kier alpha value is -2.62. The molecule has 142 valence electrons. The van der Waals surface area contributed by atoms with Crippen LogP contribution in [0.5, 0.6) is 5.75 Å². The number of benzene rings is 2. The number of likely N-dealkylation sites (N-methyl/N-ethyl adjacent to an activating group) is 1. The van der Waals surface area contributed by atoms with Gasteiger partial charge in [-0.2, -0.15) is 0 Å². The average molecular weight is 446 g/mol. The summed E-state index contributed by atoms with van der Waals surface area (Å²) < 4.78 is 54.7. The molecule has 0 saturated carbocycles. The monoisotopic (exact) mass is 445 g/mol. The Balaban J connectivity index is 2.15. The highest BCUT2D eigenvalue weighted by Gasteiger charge is 2.49. The third-order valence-electron chi connectivity index (χ3n) is 4.08. The van der Waals surface area contributed by atoms with Gasteiger partial charge in [0.15, 0.2) is 11.5 Å². The van der Waals surface area contributed by atoms with Gasteiger partial charge in [-0.05, 0) is 51.3 Å². The van der Waals surface area contributed by atoms with Crippen molar-refractivity contribution in [1.29, 1.82) is 0 Å². The molecule has 1 atom stereocenters. The lowest BCUT2D eigenvalue weighted by molar-refractivity contribution is -0.274. The molecule has 0 saturated heterocycles. The van der Waals surface area contributed by atoms with E-state index in [1.54, 1.807) is 0 Å². The summed E-state index contributed by atoms with van der Waals surface area (Å²) in [6.07, 6.45) is -4.84. The molecular formula is C17H12BrF4N3O2. The molecule has 1 unspecified atom stereocenters. The fraction of sp³-hybridized carbons (Fsp3) is 0.176. The van der Waals surface area contributed by atoms with Gasteiger partial charge in [-0.15, -0.1) is 13.2 Å². The molecular weight excluding hydrogens is 434 g/mol. The SMILES string of the molecule is CN1C(=O)C(c2ccc(OC(F)(F)F)cc2)(c2ccc(F)c(Br)c2)N=C1N. The van der Waals surface area contributed by atoms with Crippen LogP contribution in [0.2, 0.25) is 0 Å². The maximum Gasteiger partial charge on any atom is 0.573 e. The number of nitrogens with zero attached hydrogens (tertiary/aromatic N) is 2. The van der Waals surface area contributed by atoms with Crippen LogP contribution in [0.3, 0.4) is 0 Å². The predicted octanol–water partition coefficient (Wildman–Crippen LogP) is 3.52. The first kappa shape index (κ1) is 19.2. The summed E-state index contributed by atoms with van der Waals surface area (Å²) in [7, 11) is 1.42. The molecule has 1 heterocycles. The van der Waals surface area contributed by atoms with Crippen molar-refractivity contribution < 1.29 is 27.1 Å². The lowest BCUT2D eigenvalue weighted by atomic mass is 9.83. The summed E-state index contributed by atoms with van der Waals surface area (Å²) in [5, 5.41) is 0. The Bertz CT molecular complexity index is 931. The fourth-order valence-corrected chi connectivity index (χ4v) is 3.18. The number of aliphatic imine (C=N–C) groups is 1. The van der Waals surface area contributed by atoms with E-state index in [-0.39, 0.29) is 16.0 Å². The Morgan fingerprint density at radius 1 is 1.15 bits per heavy atom. The van der Waals surface area contributed by atoms with E-state index in [1.165, 1.54) is 31.3 Å². The molecule has 1 aliphatic heterocycles. The molecule has 0 spiro atoms. The standard InChI is InChI=1S/C17H12BrF4N3O2/c1-25-14(26)16(24-15(25)23,10-4-7-13(19)12(18)8-10)9-2-5-11(6-3-9)27-17(20,21)22/h2-8H,1H3,(H2,23,24). The number of carbonyl (C=O) groups is 1. The van der Waals surface area contributed by atoms with Gasteiger partial charge in [0.05, 0.1) is 4.47 Å². The third-order valence-corrected chi connectivity index (χ3v) is 4.69. The van der Waals surface area contributed by atoms with Crippen molar-refractivity contribution in [3.05, 3.63) is 63.9 Å². The molecule has 2 aromatic carbocycles. The molecule has 2 aromatic rings. The van der Waals surface area contributed by atoms with Gasteiger partial charge in [-0.3, -0.25) is 9.69 Å². The summed E-state index contributed by atoms with van der Waals surface area (Å²) in [5.74, 6) is -1.59. The van der Waals surface area contributed by atoms with Crippen LogP contribution < -0.4 is 10.5 Å². The van der Waals surface area contributed by atoms with Crippen molar-refractivity contribution in [2.45, 2.75) is 11.9 Å². The van der Waals surface area contributed by atoms with E-state index in [1.807, 2.05) is 0 Å². The number of guanidine groups is 1. The average Bonchev–Trinajstić information content (AvgIpc) is 2.82. The molecule has 0 aromatic heterocycles. The first-order valence-corrected chi connectivity index (χ1v) is 8.29. The zero-order valence-electron chi connectivity index (χ0n) is 13.7. The molecule has 1 aliphatic rings. The zero-order valence-corrected chi connectivity index (χ0v) is 15.3. The van der Waals surface area contributed by atoms with Gasteiger partial charge in [-0.1, -0.05) is 18.2 Å². The minimum atomic E-state index is -4.84. The van der Waals surface area contributed by atoms with Crippen molar-refractivity contribution in [2.24, 2.45) is 10.7 Å². The van der Waals surface area contributed by atoms with E-state index in [0.717, 1.165) is 23.1 Å². The Morgan fingerprint density at radius 2 is 1.74 bits per heavy atom. The minimum Gasteiger partial charge on any atom is -0.406 e. The van der Waals surface area contributed by atoms with E-state index >= 15 is 0 Å². The first-order chi connectivity index (χ1) is 12.5. The summed E-state index contributed by atoms with van der Waals surface area (Å²) in [5.41, 5.74) is 4.71. The number of nitrogens with two attached hydrogens (primary N) is 1. The lowest BCUT2D eigenvalue weighted by Gasteiger charge is -2.26. The highest BCUT2D eigenvalue weighted by molar-refractivity contribution is 9.10. The molecule has 1 amide bonds. The summed E-state index contributed by atoms with van der Waals surface area (Å²) >= 11 is 3.06. The van der Waals surface area contributed by atoms with Gasteiger partial charge in [0.2, 0.25) is 0 Å². The molecule has 3 rings (SSSR count). The van der Waals surface area contributed by atoms with Crippen molar-refractivity contribution in [3.8, 4) is 5.75 Å². The Kier molecular flexibility index (Phi) is 4.62. The van der Waals surface area contributed by atoms with Gasteiger partial charge in [-0.25, -0.2) is 9.38 Å². The zero-order chi connectivity index (χ0) is 20.0. The molecule has 5 nitrogen and oxygen atoms in total. The van der Waals surface area contributed by atoms with Gasteiger partial charge >= 0.3 is 6.36 Å². The fourth-order valence-electron chi connectivity index (χ4n) is 2.80. The number of hydrogen-bond acceptors (Lipinski definition) is 4. The maximum atomic E-state index is 13.6. The highest BCUT2D eigenvalue weighted by atomic mass is 79.9. The number of alkyl halides is 3. The molecule has 0 radical (unpaired) electrons. The second-order valence-electron chi connectivity index (χ2n) is 5.75. The number of carbonyl (C=O) groups excluding carboxylic acids is 1. The molecule has 0 fully saturated rings. The van der Waals surface area contributed by atoms with E-state index in [9.17, 15) is 22.4 Å². The van der Waals surface area contributed by atoms with Crippen LogP contribution >= 0.6 is 15.9 Å². The van der Waals surface area contributed by atoms with Crippen molar-refractivity contribution in [2.75, 3.05) is 7.05 Å². The summed E-state index contributed by atoms with van der Waals surface area (Å²) in [6.45, 7) is 0. The second kappa shape index (κ2) is 6.52. The number of rotatable bonds is 3. The van der Waals surface area contributed by atoms with Gasteiger partial charge in [0, 0.05) is 7.05 Å². The van der Waals surface area contributed by atoms with Gasteiger partial charge in [0.25, 0.3) is 5.91 Å². The van der Waals surface area contributed by atoms with Crippen LogP contribution in [0.4, 0.5) is 17.6 Å². The largest absolute Gasteiger partial charge is 0.573 e. The topological polar surface area (TPSA) is 67.9 Å². The number of ether oxygens (including phenoxy) is 1.